The van der Waals surface area contributed by atoms with Gasteiger partial charge < -0.3 is 25.1 Å². The second-order valence-electron chi connectivity index (χ2n) is 6.16. The van der Waals surface area contributed by atoms with E-state index in [1.165, 1.54) is 0 Å². The molecule has 148 valence electrons. The van der Waals surface area contributed by atoms with Crippen LogP contribution in [0.3, 0.4) is 0 Å². The van der Waals surface area contributed by atoms with Crippen LogP contribution in [-0.2, 0) is 11.3 Å². The quantitative estimate of drug-likeness (QED) is 0.509. The lowest BCUT2D eigenvalue weighted by molar-refractivity contribution is -0.116. The number of carbonyl (C=O) groups is 1. The van der Waals surface area contributed by atoms with Crippen LogP contribution in [-0.4, -0.2) is 40.0 Å². The van der Waals surface area contributed by atoms with Crippen molar-refractivity contribution in [3.05, 3.63) is 42.5 Å². The highest BCUT2D eigenvalue weighted by molar-refractivity contribution is 5.93. The Kier molecular flexibility index (Phi) is 4.73. The van der Waals surface area contributed by atoms with E-state index in [1.54, 1.807) is 37.0 Å². The number of carbonyl (C=O) groups excluding carboxylic acids is 1. The summed E-state index contributed by atoms with van der Waals surface area (Å²) >= 11 is 0. The SMILES string of the molecule is COc1cc(NC(=O)Cn2c(-c3nonc3N)nc3ccccc32)cc(OC)c1. The number of nitrogens with one attached hydrogen (secondary N) is 1. The van der Waals surface area contributed by atoms with Gasteiger partial charge in [0.2, 0.25) is 5.91 Å². The van der Waals surface area contributed by atoms with Gasteiger partial charge in [0.15, 0.2) is 17.3 Å². The number of rotatable bonds is 6. The van der Waals surface area contributed by atoms with E-state index in [9.17, 15) is 4.79 Å². The molecular weight excluding hydrogens is 376 g/mol. The van der Waals surface area contributed by atoms with Crippen molar-refractivity contribution in [3.63, 3.8) is 0 Å². The lowest BCUT2D eigenvalue weighted by atomic mass is 10.2. The minimum absolute atomic E-state index is 0.0261. The molecule has 0 aliphatic rings. The average Bonchev–Trinajstić information content (AvgIpc) is 3.31. The molecule has 29 heavy (non-hydrogen) atoms. The summed E-state index contributed by atoms with van der Waals surface area (Å²) in [7, 11) is 3.08. The van der Waals surface area contributed by atoms with E-state index in [-0.39, 0.29) is 24.0 Å². The third-order valence-corrected chi connectivity index (χ3v) is 4.32. The van der Waals surface area contributed by atoms with Gasteiger partial charge in [-0.05, 0) is 22.4 Å². The van der Waals surface area contributed by atoms with E-state index in [2.05, 4.69) is 20.6 Å². The summed E-state index contributed by atoms with van der Waals surface area (Å²) in [5.74, 6) is 1.34. The van der Waals surface area contributed by atoms with E-state index in [4.69, 9.17) is 19.8 Å². The summed E-state index contributed by atoms with van der Waals surface area (Å²) in [6, 6.07) is 12.5. The number of benzene rings is 2. The molecule has 0 saturated heterocycles. The average molecular weight is 394 g/mol. The Morgan fingerprint density at radius 2 is 1.86 bits per heavy atom. The molecule has 0 bridgehead atoms. The summed E-state index contributed by atoms with van der Waals surface area (Å²) in [4.78, 5) is 17.3. The van der Waals surface area contributed by atoms with E-state index >= 15 is 0 Å². The van der Waals surface area contributed by atoms with Gasteiger partial charge in [-0.15, -0.1) is 0 Å². The highest BCUT2D eigenvalue weighted by Crippen LogP contribution is 2.28. The first kappa shape index (κ1) is 18.3. The monoisotopic (exact) mass is 394 g/mol. The number of nitrogens with two attached hydrogens (primary N) is 1. The third kappa shape index (κ3) is 3.55. The van der Waals surface area contributed by atoms with Gasteiger partial charge in [0.25, 0.3) is 0 Å². The van der Waals surface area contributed by atoms with Crippen molar-refractivity contribution in [1.29, 1.82) is 0 Å². The minimum Gasteiger partial charge on any atom is -0.497 e. The Balaban J connectivity index is 1.67. The molecule has 10 nitrogen and oxygen atoms in total. The zero-order chi connectivity index (χ0) is 20.4. The summed E-state index contributed by atoms with van der Waals surface area (Å²) in [6.45, 7) is -0.0261. The number of aromatic nitrogens is 4. The maximum atomic E-state index is 12.8. The zero-order valence-corrected chi connectivity index (χ0v) is 15.7. The van der Waals surface area contributed by atoms with Crippen molar-refractivity contribution >= 4 is 28.4 Å². The van der Waals surface area contributed by atoms with Crippen molar-refractivity contribution in [1.82, 2.24) is 19.9 Å². The molecule has 4 aromatic rings. The van der Waals surface area contributed by atoms with E-state index in [0.717, 1.165) is 5.52 Å². The van der Waals surface area contributed by atoms with E-state index < -0.39 is 0 Å². The van der Waals surface area contributed by atoms with E-state index in [0.29, 0.717) is 28.5 Å². The minimum atomic E-state index is -0.278. The number of anilines is 2. The zero-order valence-electron chi connectivity index (χ0n) is 15.7. The van der Waals surface area contributed by atoms with Crippen LogP contribution in [0, 0.1) is 0 Å². The highest BCUT2D eigenvalue weighted by atomic mass is 16.6. The van der Waals surface area contributed by atoms with Crippen LogP contribution in [0.4, 0.5) is 11.5 Å². The second kappa shape index (κ2) is 7.50. The van der Waals surface area contributed by atoms with Crippen LogP contribution >= 0.6 is 0 Å². The fourth-order valence-electron chi connectivity index (χ4n) is 2.99. The molecule has 3 N–H and O–H groups in total. The van der Waals surface area contributed by atoms with Gasteiger partial charge in [0, 0.05) is 23.9 Å². The van der Waals surface area contributed by atoms with Gasteiger partial charge in [-0.1, -0.05) is 12.1 Å². The Bertz CT molecular complexity index is 1160. The number of imidazole rings is 1. The van der Waals surface area contributed by atoms with Gasteiger partial charge in [-0.2, -0.15) is 0 Å². The molecule has 0 aliphatic carbocycles. The maximum absolute atomic E-state index is 12.8. The third-order valence-electron chi connectivity index (χ3n) is 4.32. The standard InChI is InChI=1S/C19H18N6O4/c1-27-12-7-11(8-13(9-12)28-2)21-16(26)10-25-15-6-4-3-5-14(15)22-19(25)17-18(20)24-29-23-17/h3-9H,10H2,1-2H3,(H2,20,24)(H,21,26). The number of para-hydroxylation sites is 2. The van der Waals surface area contributed by atoms with Gasteiger partial charge in [0.1, 0.15) is 18.0 Å². The molecule has 2 heterocycles. The molecule has 10 heteroatoms. The smallest absolute Gasteiger partial charge is 0.244 e. The van der Waals surface area contributed by atoms with Gasteiger partial charge in [0.05, 0.1) is 25.3 Å². The molecule has 0 spiro atoms. The Hall–Kier alpha value is -4.08. The number of ether oxygens (including phenoxy) is 2. The van der Waals surface area contributed by atoms with Crippen molar-refractivity contribution in [2.45, 2.75) is 6.54 Å². The predicted octanol–water partition coefficient (Wildman–Crippen LogP) is 2.32. The predicted molar refractivity (Wildman–Crippen MR) is 106 cm³/mol. The normalized spacial score (nSPS) is 10.8. The number of nitrogens with zero attached hydrogens (tertiary/aromatic N) is 4. The molecule has 0 atom stereocenters. The molecule has 0 aliphatic heterocycles. The van der Waals surface area contributed by atoms with Crippen LogP contribution in [0.5, 0.6) is 11.5 Å². The molecule has 0 saturated carbocycles. The second-order valence-corrected chi connectivity index (χ2v) is 6.16. The Morgan fingerprint density at radius 3 is 2.52 bits per heavy atom. The lowest BCUT2D eigenvalue weighted by Crippen LogP contribution is -2.19. The molecule has 2 aromatic heterocycles. The number of hydrogen-bond donors (Lipinski definition) is 2. The number of fused-ring (bicyclic) bond motifs is 1. The molecule has 1 amide bonds. The van der Waals surface area contributed by atoms with Gasteiger partial charge in [-0.25, -0.2) is 9.61 Å². The fraction of sp³-hybridized carbons (Fsp3) is 0.158. The van der Waals surface area contributed by atoms with E-state index in [1.807, 2.05) is 24.3 Å². The van der Waals surface area contributed by atoms with Gasteiger partial charge >= 0.3 is 0 Å². The van der Waals surface area contributed by atoms with Crippen molar-refractivity contribution in [2.24, 2.45) is 0 Å². The van der Waals surface area contributed by atoms with Crippen LogP contribution in [0.2, 0.25) is 0 Å². The first-order chi connectivity index (χ1) is 14.1. The summed E-state index contributed by atoms with van der Waals surface area (Å²) in [6.07, 6.45) is 0. The molecule has 0 unspecified atom stereocenters. The fourth-order valence-corrected chi connectivity index (χ4v) is 2.99. The van der Waals surface area contributed by atoms with Crippen LogP contribution in [0.15, 0.2) is 47.1 Å². The van der Waals surface area contributed by atoms with Gasteiger partial charge in [-0.3, -0.25) is 4.79 Å². The lowest BCUT2D eigenvalue weighted by Gasteiger charge is -2.11. The molecule has 0 radical (unpaired) electrons. The van der Waals surface area contributed by atoms with Crippen molar-refractivity contribution in [2.75, 3.05) is 25.3 Å². The number of nitrogen functional groups attached to an aromatic ring is 1. The van der Waals surface area contributed by atoms with Crippen LogP contribution < -0.4 is 20.5 Å². The van der Waals surface area contributed by atoms with Crippen LogP contribution in [0.1, 0.15) is 0 Å². The van der Waals surface area contributed by atoms with Crippen molar-refractivity contribution in [3.8, 4) is 23.0 Å². The topological polar surface area (TPSA) is 130 Å². The summed E-state index contributed by atoms with van der Waals surface area (Å²) < 4.78 is 16.9. The Morgan fingerprint density at radius 1 is 1.14 bits per heavy atom. The van der Waals surface area contributed by atoms with Crippen molar-refractivity contribution < 1.29 is 18.9 Å². The molecule has 2 aromatic carbocycles. The highest BCUT2D eigenvalue weighted by Gasteiger charge is 2.20. The molecule has 4 rings (SSSR count). The Labute approximate surface area is 165 Å². The maximum Gasteiger partial charge on any atom is 0.244 e. The largest absolute Gasteiger partial charge is 0.497 e. The first-order valence-corrected chi connectivity index (χ1v) is 8.65. The van der Waals surface area contributed by atoms with Crippen LogP contribution in [0.25, 0.3) is 22.6 Å². The first-order valence-electron chi connectivity index (χ1n) is 8.65. The number of amides is 1. The summed E-state index contributed by atoms with van der Waals surface area (Å²) in [5, 5.41) is 10.3. The molecular formula is C19H18N6O4. The number of hydrogen-bond acceptors (Lipinski definition) is 8. The molecule has 0 fully saturated rings. The number of methoxy groups -OCH3 is 2. The summed E-state index contributed by atoms with van der Waals surface area (Å²) in [5.41, 5.74) is 8.10.